The van der Waals surface area contributed by atoms with Gasteiger partial charge in [-0.2, -0.15) is 4.21 Å². The topological polar surface area (TPSA) is 46.5 Å². The molecule has 0 fully saturated rings. The van der Waals surface area contributed by atoms with Crippen LogP contribution < -0.4 is 0 Å². The van der Waals surface area contributed by atoms with Crippen LogP contribution in [-0.4, -0.2) is 31.4 Å². The van der Waals surface area contributed by atoms with Gasteiger partial charge in [-0.1, -0.05) is 47.8 Å². The lowest BCUT2D eigenvalue weighted by molar-refractivity contribution is 0.214. The van der Waals surface area contributed by atoms with Crippen molar-refractivity contribution in [3.63, 3.8) is 0 Å². The van der Waals surface area contributed by atoms with Crippen LogP contribution >= 0.6 is 47.8 Å². The predicted octanol–water partition coefficient (Wildman–Crippen LogP) is 2.31. The van der Waals surface area contributed by atoms with Gasteiger partial charge in [-0.15, -0.1) is 0 Å². The van der Waals surface area contributed by atoms with E-state index in [0.29, 0.717) is 16.0 Å². The summed E-state index contributed by atoms with van der Waals surface area (Å²) in [6.45, 7) is 0.234. The summed E-state index contributed by atoms with van der Waals surface area (Å²) in [7, 11) is 0. The van der Waals surface area contributed by atoms with Gasteiger partial charge in [0.1, 0.15) is 0 Å². The first-order valence-electron chi connectivity index (χ1n) is 3.02. The molecule has 0 aliphatic rings. The van der Waals surface area contributed by atoms with Crippen molar-refractivity contribution in [1.82, 2.24) is 0 Å². The van der Waals surface area contributed by atoms with E-state index in [-0.39, 0.29) is 12.0 Å². The molecule has 0 heterocycles. The van der Waals surface area contributed by atoms with Gasteiger partial charge < -0.3 is 0 Å². The molecule has 7 heteroatoms. The molecule has 0 spiro atoms. The van der Waals surface area contributed by atoms with E-state index in [1.54, 1.807) is 0 Å². The molecule has 1 unspecified atom stereocenters. The maximum absolute atomic E-state index is 10.2. The Morgan fingerprint density at radius 2 is 1.67 bits per heavy atom. The molecule has 0 saturated heterocycles. The van der Waals surface area contributed by atoms with Crippen LogP contribution in [0.25, 0.3) is 0 Å². The van der Waals surface area contributed by atoms with Crippen molar-refractivity contribution < 1.29 is 12.9 Å². The molecular formula is C5H9Br3O3S. The molecule has 0 amide bonds. The summed E-state index contributed by atoms with van der Waals surface area (Å²) in [6.07, 6.45) is 0. The van der Waals surface area contributed by atoms with E-state index < -0.39 is 11.4 Å². The first kappa shape index (κ1) is 13.5. The third-order valence-corrected chi connectivity index (χ3v) is 5.20. The highest BCUT2D eigenvalue weighted by Gasteiger charge is 2.27. The van der Waals surface area contributed by atoms with Crippen LogP contribution in [0, 0.1) is 5.41 Å². The lowest BCUT2D eigenvalue weighted by Crippen LogP contribution is -2.32. The summed E-state index contributed by atoms with van der Waals surface area (Å²) in [5.41, 5.74) is -0.168. The molecule has 1 atom stereocenters. The summed E-state index contributed by atoms with van der Waals surface area (Å²) in [5, 5.41) is 2.11. The van der Waals surface area contributed by atoms with Crippen molar-refractivity contribution in [1.29, 1.82) is 0 Å². The minimum atomic E-state index is -2.18. The first-order chi connectivity index (χ1) is 5.60. The normalized spacial score (nSPS) is 14.7. The Morgan fingerprint density at radius 3 is 1.92 bits per heavy atom. The highest BCUT2D eigenvalue weighted by molar-refractivity contribution is 9.10. The predicted molar refractivity (Wildman–Crippen MR) is 60.5 cm³/mol. The van der Waals surface area contributed by atoms with Crippen molar-refractivity contribution in [3.05, 3.63) is 0 Å². The zero-order chi connectivity index (χ0) is 9.61. The summed E-state index contributed by atoms with van der Waals surface area (Å²) in [5.74, 6) is 0. The average Bonchev–Trinajstić information content (AvgIpc) is 2.08. The van der Waals surface area contributed by atoms with Crippen LogP contribution in [0.4, 0.5) is 0 Å². The molecule has 0 rings (SSSR count). The summed E-state index contributed by atoms with van der Waals surface area (Å²) in [4.78, 5) is 0. The zero-order valence-corrected chi connectivity index (χ0v) is 11.7. The molecule has 74 valence electrons. The van der Waals surface area contributed by atoms with E-state index in [9.17, 15) is 4.21 Å². The maximum atomic E-state index is 10.2. The minimum absolute atomic E-state index is 0.168. The number of halogens is 3. The molecule has 0 bridgehead atoms. The number of hydrogen-bond donors (Lipinski definition) is 1. The van der Waals surface area contributed by atoms with Crippen LogP contribution in [0.3, 0.4) is 0 Å². The molecule has 0 aromatic rings. The summed E-state index contributed by atoms with van der Waals surface area (Å²) < 4.78 is 23.3. The summed E-state index contributed by atoms with van der Waals surface area (Å²) >= 11 is 7.79. The van der Waals surface area contributed by atoms with E-state index >= 15 is 0 Å². The van der Waals surface area contributed by atoms with Gasteiger partial charge in [0.15, 0.2) is 0 Å². The molecule has 0 radical (unpaired) electrons. The molecule has 0 aromatic heterocycles. The largest absolute Gasteiger partial charge is 0.301 e. The van der Waals surface area contributed by atoms with Crippen molar-refractivity contribution >= 4 is 59.2 Å². The van der Waals surface area contributed by atoms with Crippen molar-refractivity contribution in [2.24, 2.45) is 5.41 Å². The Hall–Kier alpha value is 1.51. The Bertz CT molecular complexity index is 143. The van der Waals surface area contributed by atoms with Crippen molar-refractivity contribution in [2.45, 2.75) is 0 Å². The average molecular weight is 389 g/mol. The van der Waals surface area contributed by atoms with E-state index in [1.807, 2.05) is 0 Å². The van der Waals surface area contributed by atoms with Gasteiger partial charge in [-0.25, -0.2) is 0 Å². The fourth-order valence-corrected chi connectivity index (χ4v) is 4.02. The fraction of sp³-hybridized carbons (Fsp3) is 1.00. The van der Waals surface area contributed by atoms with Crippen LogP contribution in [0.15, 0.2) is 0 Å². The molecule has 12 heavy (non-hydrogen) atoms. The molecular weight excluding hydrogens is 380 g/mol. The third-order valence-electron chi connectivity index (χ3n) is 1.32. The first-order valence-corrected chi connectivity index (χ1v) is 7.42. The Balaban J connectivity index is 4.01. The van der Waals surface area contributed by atoms with Gasteiger partial charge in [0.25, 0.3) is 0 Å². The van der Waals surface area contributed by atoms with E-state index in [0.717, 1.165) is 0 Å². The lowest BCUT2D eigenvalue weighted by atomic mass is 9.98. The second kappa shape index (κ2) is 6.89. The van der Waals surface area contributed by atoms with Gasteiger partial charge in [0, 0.05) is 21.4 Å². The molecule has 1 N–H and O–H groups in total. The second-order valence-corrected chi connectivity index (χ2v) is 4.73. The smallest absolute Gasteiger partial charge is 0.284 e. The van der Waals surface area contributed by atoms with Gasteiger partial charge in [-0.05, 0) is 0 Å². The molecule has 0 aromatic carbocycles. The number of hydrogen-bond acceptors (Lipinski definition) is 2. The standard InChI is InChI=1S/C5H9Br3O3S/c6-1-5(2-7,3-8)4-11-12(9)10/h1-4H2,(H,9,10). The number of alkyl halides is 3. The van der Waals surface area contributed by atoms with Gasteiger partial charge in [0.05, 0.1) is 6.61 Å². The molecule has 0 aliphatic carbocycles. The molecule has 0 aliphatic heterocycles. The second-order valence-electron chi connectivity index (χ2n) is 2.38. The van der Waals surface area contributed by atoms with E-state index in [4.69, 9.17) is 4.55 Å². The van der Waals surface area contributed by atoms with Crippen LogP contribution in [0.5, 0.6) is 0 Å². The quantitative estimate of drug-likeness (QED) is 0.561. The highest BCUT2D eigenvalue weighted by atomic mass is 79.9. The fourth-order valence-electron chi connectivity index (χ4n) is 0.398. The number of rotatable bonds is 6. The molecule has 0 saturated carbocycles. The van der Waals surface area contributed by atoms with Crippen LogP contribution in [-0.2, 0) is 15.5 Å². The molecule has 3 nitrogen and oxygen atoms in total. The van der Waals surface area contributed by atoms with Gasteiger partial charge in [-0.3, -0.25) is 8.74 Å². The SMILES string of the molecule is O=S(O)OCC(CBr)(CBr)CBr. The van der Waals surface area contributed by atoms with Crippen LogP contribution in [0.1, 0.15) is 0 Å². The van der Waals surface area contributed by atoms with Gasteiger partial charge >= 0.3 is 11.4 Å². The van der Waals surface area contributed by atoms with E-state index in [1.165, 1.54) is 0 Å². The zero-order valence-electron chi connectivity index (χ0n) is 6.13. The monoisotopic (exact) mass is 386 g/mol. The third kappa shape index (κ3) is 4.66. The highest BCUT2D eigenvalue weighted by Crippen LogP contribution is 2.26. The van der Waals surface area contributed by atoms with E-state index in [2.05, 4.69) is 52.0 Å². The Morgan fingerprint density at radius 1 is 1.25 bits per heavy atom. The Kier molecular flexibility index (Phi) is 7.76. The maximum Gasteiger partial charge on any atom is 0.301 e. The lowest BCUT2D eigenvalue weighted by Gasteiger charge is -2.25. The minimum Gasteiger partial charge on any atom is -0.284 e. The van der Waals surface area contributed by atoms with Crippen molar-refractivity contribution in [3.8, 4) is 0 Å². The summed E-state index contributed by atoms with van der Waals surface area (Å²) in [6, 6.07) is 0. The Labute approximate surface area is 99.5 Å². The van der Waals surface area contributed by atoms with Gasteiger partial charge in [0.2, 0.25) is 0 Å². The van der Waals surface area contributed by atoms with Crippen molar-refractivity contribution in [2.75, 3.05) is 22.6 Å². The van der Waals surface area contributed by atoms with Crippen LogP contribution in [0.2, 0.25) is 0 Å².